The first-order valence-corrected chi connectivity index (χ1v) is 6.10. The van der Waals surface area contributed by atoms with Crippen molar-refractivity contribution in [3.05, 3.63) is 45.9 Å². The van der Waals surface area contributed by atoms with Crippen LogP contribution < -0.4 is 5.32 Å². The number of aromatic nitrogens is 2. The largest absolute Gasteiger partial charge is 0.324 e. The molecule has 0 amide bonds. The molecule has 1 N–H and O–H groups in total. The first-order chi connectivity index (χ1) is 8.95. The molecule has 1 aromatic carbocycles. The van der Waals surface area contributed by atoms with Gasteiger partial charge in [0.1, 0.15) is 5.69 Å². The summed E-state index contributed by atoms with van der Waals surface area (Å²) in [6, 6.07) is 5.42. The molecule has 100 valence electrons. The van der Waals surface area contributed by atoms with Gasteiger partial charge in [0, 0.05) is 10.2 Å². The lowest BCUT2D eigenvalue weighted by atomic mass is 10.2. The Hall–Kier alpha value is -1.63. The number of nitrogens with zero attached hydrogens (tertiary/aromatic N) is 2. The van der Waals surface area contributed by atoms with E-state index in [1.54, 1.807) is 12.1 Å². The van der Waals surface area contributed by atoms with Crippen LogP contribution in [0.2, 0.25) is 0 Å². The molecule has 0 spiro atoms. The number of alkyl halides is 2. The highest BCUT2D eigenvalue weighted by atomic mass is 79.9. The molecule has 0 atom stereocenters. The SMILES string of the molecule is Cc1cc(Br)cc(Nc2ncc(F)c(C(F)F)n2)c1. The molecule has 3 nitrogen and oxygen atoms in total. The van der Waals surface area contributed by atoms with Gasteiger partial charge in [-0.2, -0.15) is 0 Å². The van der Waals surface area contributed by atoms with E-state index < -0.39 is 17.9 Å². The Bertz CT molecular complexity index is 585. The maximum Gasteiger partial charge on any atom is 0.283 e. The van der Waals surface area contributed by atoms with Gasteiger partial charge in [0.2, 0.25) is 5.95 Å². The number of hydrogen-bond donors (Lipinski definition) is 1. The molecule has 2 rings (SSSR count). The minimum Gasteiger partial charge on any atom is -0.324 e. The summed E-state index contributed by atoms with van der Waals surface area (Å²) in [5, 5.41) is 2.76. The monoisotopic (exact) mass is 331 g/mol. The highest BCUT2D eigenvalue weighted by Crippen LogP contribution is 2.24. The summed E-state index contributed by atoms with van der Waals surface area (Å²) in [7, 11) is 0. The van der Waals surface area contributed by atoms with E-state index in [4.69, 9.17) is 0 Å². The van der Waals surface area contributed by atoms with Gasteiger partial charge in [0.15, 0.2) is 5.82 Å². The Morgan fingerprint density at radius 1 is 1.26 bits per heavy atom. The number of halogens is 4. The Balaban J connectivity index is 2.30. The number of aryl methyl sites for hydroxylation is 1. The van der Waals surface area contributed by atoms with Gasteiger partial charge in [0.25, 0.3) is 6.43 Å². The van der Waals surface area contributed by atoms with Crippen molar-refractivity contribution in [2.24, 2.45) is 0 Å². The molecule has 0 aliphatic carbocycles. The molecular weight excluding hydrogens is 323 g/mol. The number of benzene rings is 1. The molecule has 2 aromatic rings. The van der Waals surface area contributed by atoms with Crippen LogP contribution in [0.15, 0.2) is 28.9 Å². The Kier molecular flexibility index (Phi) is 4.04. The first kappa shape index (κ1) is 13.8. The number of nitrogens with one attached hydrogen (secondary N) is 1. The van der Waals surface area contributed by atoms with Crippen LogP contribution in [0, 0.1) is 12.7 Å². The summed E-state index contributed by atoms with van der Waals surface area (Å²) >= 11 is 3.31. The van der Waals surface area contributed by atoms with Gasteiger partial charge >= 0.3 is 0 Å². The predicted octanol–water partition coefficient (Wildman–Crippen LogP) is 4.37. The van der Waals surface area contributed by atoms with Crippen LogP contribution in [0.5, 0.6) is 0 Å². The minimum atomic E-state index is -2.98. The summed E-state index contributed by atoms with van der Waals surface area (Å²) in [5.74, 6) is -1.19. The average Bonchev–Trinajstić information content (AvgIpc) is 2.30. The van der Waals surface area contributed by atoms with Gasteiger partial charge in [0.05, 0.1) is 6.20 Å². The van der Waals surface area contributed by atoms with E-state index in [2.05, 4.69) is 31.2 Å². The summed E-state index contributed by atoms with van der Waals surface area (Å²) in [6.07, 6.45) is -2.26. The molecule has 0 aliphatic heterocycles. The maximum absolute atomic E-state index is 13.0. The van der Waals surface area contributed by atoms with Gasteiger partial charge in [-0.3, -0.25) is 0 Å². The standard InChI is InChI=1S/C12H9BrF3N3/c1-6-2-7(13)4-8(3-6)18-12-17-5-9(14)10(19-12)11(15)16/h2-5,11H,1H3,(H,17,18,19). The van der Waals surface area contributed by atoms with Gasteiger partial charge in [-0.05, 0) is 30.7 Å². The van der Waals surface area contributed by atoms with Crippen molar-refractivity contribution in [2.75, 3.05) is 5.32 Å². The zero-order valence-electron chi connectivity index (χ0n) is 9.79. The summed E-state index contributed by atoms with van der Waals surface area (Å²) in [5.41, 5.74) is 0.677. The Morgan fingerprint density at radius 2 is 2.00 bits per heavy atom. The van der Waals surface area contributed by atoms with E-state index in [0.717, 1.165) is 16.2 Å². The molecular formula is C12H9BrF3N3. The lowest BCUT2D eigenvalue weighted by Crippen LogP contribution is -2.03. The summed E-state index contributed by atoms with van der Waals surface area (Å²) in [6.45, 7) is 1.88. The number of anilines is 2. The molecule has 7 heteroatoms. The lowest BCUT2D eigenvalue weighted by Gasteiger charge is -2.08. The molecule has 0 bridgehead atoms. The minimum absolute atomic E-state index is 0.0748. The smallest absolute Gasteiger partial charge is 0.283 e. The normalized spacial score (nSPS) is 10.8. The molecule has 0 fully saturated rings. The zero-order valence-corrected chi connectivity index (χ0v) is 11.4. The summed E-state index contributed by atoms with van der Waals surface area (Å²) in [4.78, 5) is 7.09. The first-order valence-electron chi connectivity index (χ1n) is 5.30. The molecule has 1 heterocycles. The second kappa shape index (κ2) is 5.56. The van der Waals surface area contributed by atoms with E-state index in [0.29, 0.717) is 5.69 Å². The fourth-order valence-electron chi connectivity index (χ4n) is 1.53. The Morgan fingerprint density at radius 3 is 2.63 bits per heavy atom. The quantitative estimate of drug-likeness (QED) is 0.907. The van der Waals surface area contributed by atoms with Crippen LogP contribution in [0.1, 0.15) is 17.7 Å². The van der Waals surface area contributed by atoms with Crippen LogP contribution in [-0.2, 0) is 0 Å². The second-order valence-electron chi connectivity index (χ2n) is 3.87. The van der Waals surface area contributed by atoms with E-state index >= 15 is 0 Å². The molecule has 0 saturated heterocycles. The highest BCUT2D eigenvalue weighted by Gasteiger charge is 2.16. The zero-order chi connectivity index (χ0) is 14.0. The van der Waals surface area contributed by atoms with Gasteiger partial charge in [-0.25, -0.2) is 23.1 Å². The molecule has 1 aromatic heterocycles. The summed E-state index contributed by atoms with van der Waals surface area (Å²) < 4.78 is 38.9. The fraction of sp³-hybridized carbons (Fsp3) is 0.167. The van der Waals surface area contributed by atoms with Crippen LogP contribution >= 0.6 is 15.9 Å². The van der Waals surface area contributed by atoms with Crippen molar-refractivity contribution in [1.29, 1.82) is 0 Å². The van der Waals surface area contributed by atoms with Crippen LogP contribution in [0.25, 0.3) is 0 Å². The fourth-order valence-corrected chi connectivity index (χ4v) is 2.14. The van der Waals surface area contributed by atoms with Gasteiger partial charge in [-0.15, -0.1) is 0 Å². The van der Waals surface area contributed by atoms with Crippen LogP contribution in [0.3, 0.4) is 0 Å². The maximum atomic E-state index is 13.0. The molecule has 0 saturated carbocycles. The topological polar surface area (TPSA) is 37.8 Å². The van der Waals surface area contributed by atoms with Crippen LogP contribution in [0.4, 0.5) is 24.8 Å². The van der Waals surface area contributed by atoms with Crippen molar-refractivity contribution >= 4 is 27.6 Å². The lowest BCUT2D eigenvalue weighted by molar-refractivity contribution is 0.140. The van der Waals surface area contributed by atoms with Crippen LogP contribution in [-0.4, -0.2) is 9.97 Å². The van der Waals surface area contributed by atoms with Gasteiger partial charge < -0.3 is 5.32 Å². The van der Waals surface area contributed by atoms with E-state index in [-0.39, 0.29) is 5.95 Å². The predicted molar refractivity (Wildman–Crippen MR) is 69.1 cm³/mol. The third kappa shape index (κ3) is 3.44. The van der Waals surface area contributed by atoms with Crippen molar-refractivity contribution in [1.82, 2.24) is 9.97 Å². The van der Waals surface area contributed by atoms with E-state index in [1.807, 2.05) is 13.0 Å². The third-order valence-corrected chi connectivity index (χ3v) is 2.73. The third-order valence-electron chi connectivity index (χ3n) is 2.28. The molecule has 0 radical (unpaired) electrons. The number of hydrogen-bond acceptors (Lipinski definition) is 3. The van der Waals surface area contributed by atoms with Crippen molar-refractivity contribution in [2.45, 2.75) is 13.3 Å². The Labute approximate surface area is 116 Å². The molecule has 0 unspecified atom stereocenters. The van der Waals surface area contributed by atoms with E-state index in [1.165, 1.54) is 0 Å². The molecule has 19 heavy (non-hydrogen) atoms. The highest BCUT2D eigenvalue weighted by molar-refractivity contribution is 9.10. The van der Waals surface area contributed by atoms with E-state index in [9.17, 15) is 13.2 Å². The van der Waals surface area contributed by atoms with Crippen molar-refractivity contribution in [3.63, 3.8) is 0 Å². The van der Waals surface area contributed by atoms with Crippen molar-refractivity contribution in [3.8, 4) is 0 Å². The molecule has 0 aliphatic rings. The van der Waals surface area contributed by atoms with Gasteiger partial charge in [-0.1, -0.05) is 15.9 Å². The average molecular weight is 332 g/mol. The second-order valence-corrected chi connectivity index (χ2v) is 4.79. The number of rotatable bonds is 3. The van der Waals surface area contributed by atoms with Crippen molar-refractivity contribution < 1.29 is 13.2 Å².